The second-order valence-corrected chi connectivity index (χ2v) is 5.46. The van der Waals surface area contributed by atoms with Gasteiger partial charge in [0.15, 0.2) is 6.04 Å². The largest absolute Gasteiger partial charge is 0.361 e. The summed E-state index contributed by atoms with van der Waals surface area (Å²) in [6, 6.07) is 17.7. The highest BCUT2D eigenvalue weighted by Gasteiger charge is 2.19. The fourth-order valence-corrected chi connectivity index (χ4v) is 2.59. The van der Waals surface area contributed by atoms with Crippen molar-refractivity contribution in [1.29, 1.82) is 0 Å². The van der Waals surface area contributed by atoms with Crippen molar-refractivity contribution in [3.05, 3.63) is 71.9 Å². The highest BCUT2D eigenvalue weighted by atomic mass is 16.2. The van der Waals surface area contributed by atoms with Crippen molar-refractivity contribution in [2.24, 2.45) is 0 Å². The molecule has 0 aliphatic carbocycles. The molecule has 0 aliphatic rings. The van der Waals surface area contributed by atoms with E-state index < -0.39 is 0 Å². The summed E-state index contributed by atoms with van der Waals surface area (Å²) in [4.78, 5) is 15.4. The average molecular weight is 294 g/mol. The van der Waals surface area contributed by atoms with E-state index in [0.29, 0.717) is 13.0 Å². The quantitative estimate of drug-likeness (QED) is 0.657. The predicted octanol–water partition coefficient (Wildman–Crippen LogP) is 1.64. The highest BCUT2D eigenvalue weighted by Crippen LogP contribution is 2.18. The summed E-state index contributed by atoms with van der Waals surface area (Å²) in [6.45, 7) is 0.541. The van der Waals surface area contributed by atoms with E-state index in [1.165, 1.54) is 0 Å². The first-order valence-electron chi connectivity index (χ1n) is 7.44. The molecule has 0 saturated heterocycles. The van der Waals surface area contributed by atoms with Crippen LogP contribution in [0.1, 0.15) is 11.1 Å². The zero-order chi connectivity index (χ0) is 15.4. The van der Waals surface area contributed by atoms with Crippen molar-refractivity contribution in [2.45, 2.75) is 19.0 Å². The summed E-state index contributed by atoms with van der Waals surface area (Å²) in [7, 11) is 0. The van der Waals surface area contributed by atoms with Crippen LogP contribution < -0.4 is 11.1 Å². The van der Waals surface area contributed by atoms with Crippen LogP contribution in [0.15, 0.2) is 60.8 Å². The SMILES string of the molecule is [NH3+]C(Cc1c[nH]c2ccccc12)C(=O)NCc1ccccc1. The molecule has 0 spiro atoms. The third kappa shape index (κ3) is 3.18. The maximum Gasteiger partial charge on any atom is 0.278 e. The van der Waals surface area contributed by atoms with Gasteiger partial charge in [0, 0.05) is 30.1 Å². The Morgan fingerprint density at radius 2 is 1.82 bits per heavy atom. The zero-order valence-electron chi connectivity index (χ0n) is 12.4. The first kappa shape index (κ1) is 14.4. The Morgan fingerprint density at radius 1 is 1.09 bits per heavy atom. The summed E-state index contributed by atoms with van der Waals surface area (Å²) < 4.78 is 0. The fourth-order valence-electron chi connectivity index (χ4n) is 2.59. The van der Waals surface area contributed by atoms with E-state index in [1.54, 1.807) is 0 Å². The molecule has 1 unspecified atom stereocenters. The van der Waals surface area contributed by atoms with Gasteiger partial charge >= 0.3 is 0 Å². The van der Waals surface area contributed by atoms with Gasteiger partial charge in [0.1, 0.15) is 0 Å². The Labute approximate surface area is 129 Å². The van der Waals surface area contributed by atoms with Gasteiger partial charge in [0.2, 0.25) is 0 Å². The number of carbonyl (C=O) groups is 1. The Morgan fingerprint density at radius 3 is 2.64 bits per heavy atom. The lowest BCUT2D eigenvalue weighted by molar-refractivity contribution is -0.403. The van der Waals surface area contributed by atoms with Crippen LogP contribution in [0.3, 0.4) is 0 Å². The van der Waals surface area contributed by atoms with E-state index in [-0.39, 0.29) is 11.9 Å². The van der Waals surface area contributed by atoms with Crippen LogP contribution in [0.5, 0.6) is 0 Å². The predicted molar refractivity (Wildman–Crippen MR) is 87.0 cm³/mol. The minimum absolute atomic E-state index is 0.0193. The first-order valence-corrected chi connectivity index (χ1v) is 7.44. The summed E-state index contributed by atoms with van der Waals surface area (Å²) in [6.07, 6.45) is 2.60. The number of fused-ring (bicyclic) bond motifs is 1. The van der Waals surface area contributed by atoms with E-state index in [9.17, 15) is 4.79 Å². The summed E-state index contributed by atoms with van der Waals surface area (Å²) in [5.41, 5.74) is 7.32. The summed E-state index contributed by atoms with van der Waals surface area (Å²) >= 11 is 0. The van der Waals surface area contributed by atoms with E-state index in [1.807, 2.05) is 54.7 Å². The molecule has 5 N–H and O–H groups in total. The third-order valence-electron chi connectivity index (χ3n) is 3.82. The molecule has 1 heterocycles. The van der Waals surface area contributed by atoms with Gasteiger partial charge in [-0.1, -0.05) is 48.5 Å². The number of amides is 1. The minimum Gasteiger partial charge on any atom is -0.361 e. The van der Waals surface area contributed by atoms with Crippen molar-refractivity contribution in [3.63, 3.8) is 0 Å². The molecule has 1 amide bonds. The van der Waals surface area contributed by atoms with Crippen LogP contribution in [0.25, 0.3) is 10.9 Å². The lowest BCUT2D eigenvalue weighted by Gasteiger charge is -2.09. The van der Waals surface area contributed by atoms with Crippen molar-refractivity contribution < 1.29 is 10.5 Å². The van der Waals surface area contributed by atoms with Gasteiger partial charge in [0.05, 0.1) is 0 Å². The molecule has 3 rings (SSSR count). The Hall–Kier alpha value is -2.59. The molecule has 0 saturated carbocycles. The van der Waals surface area contributed by atoms with Crippen LogP contribution in [-0.2, 0) is 17.8 Å². The molecular formula is C18H20N3O+. The second-order valence-electron chi connectivity index (χ2n) is 5.46. The molecule has 1 aromatic heterocycles. The minimum atomic E-state index is -0.303. The van der Waals surface area contributed by atoms with Gasteiger partial charge in [-0.2, -0.15) is 0 Å². The van der Waals surface area contributed by atoms with Crippen LogP contribution in [-0.4, -0.2) is 16.9 Å². The van der Waals surface area contributed by atoms with E-state index in [2.05, 4.69) is 22.1 Å². The Balaban J connectivity index is 1.61. The molecule has 0 aliphatic heterocycles. The number of para-hydroxylation sites is 1. The van der Waals surface area contributed by atoms with Gasteiger partial charge < -0.3 is 16.0 Å². The van der Waals surface area contributed by atoms with Crippen LogP contribution in [0, 0.1) is 0 Å². The second kappa shape index (κ2) is 6.45. The highest BCUT2D eigenvalue weighted by molar-refractivity contribution is 5.85. The molecule has 0 radical (unpaired) electrons. The Kier molecular flexibility index (Phi) is 4.21. The number of nitrogens with one attached hydrogen (secondary N) is 2. The lowest BCUT2D eigenvalue weighted by Crippen LogP contribution is -2.68. The Bertz CT molecular complexity index is 764. The molecule has 2 aromatic carbocycles. The number of carbonyl (C=O) groups excluding carboxylic acids is 1. The molecule has 4 heteroatoms. The van der Waals surface area contributed by atoms with Gasteiger partial charge in [0.25, 0.3) is 5.91 Å². The maximum absolute atomic E-state index is 12.2. The van der Waals surface area contributed by atoms with Crippen molar-refractivity contribution in [3.8, 4) is 0 Å². The zero-order valence-corrected chi connectivity index (χ0v) is 12.4. The van der Waals surface area contributed by atoms with Gasteiger partial charge in [-0.3, -0.25) is 4.79 Å². The summed E-state index contributed by atoms with van der Waals surface area (Å²) in [5.74, 6) is -0.0193. The number of rotatable bonds is 5. The maximum atomic E-state index is 12.2. The van der Waals surface area contributed by atoms with Crippen LogP contribution in [0.2, 0.25) is 0 Å². The fraction of sp³-hybridized carbons (Fsp3) is 0.167. The molecule has 0 fully saturated rings. The molecule has 4 nitrogen and oxygen atoms in total. The smallest absolute Gasteiger partial charge is 0.278 e. The average Bonchev–Trinajstić information content (AvgIpc) is 2.97. The number of benzene rings is 2. The molecular weight excluding hydrogens is 274 g/mol. The van der Waals surface area contributed by atoms with E-state index in [4.69, 9.17) is 0 Å². The van der Waals surface area contributed by atoms with Gasteiger partial charge in [-0.15, -0.1) is 0 Å². The number of hydrogen-bond donors (Lipinski definition) is 3. The molecule has 22 heavy (non-hydrogen) atoms. The first-order chi connectivity index (χ1) is 10.7. The summed E-state index contributed by atoms with van der Waals surface area (Å²) in [5, 5.41) is 4.11. The monoisotopic (exact) mass is 294 g/mol. The van der Waals surface area contributed by atoms with Crippen molar-refractivity contribution >= 4 is 16.8 Å². The molecule has 112 valence electrons. The molecule has 1 atom stereocenters. The van der Waals surface area contributed by atoms with Crippen LogP contribution >= 0.6 is 0 Å². The number of hydrogen-bond acceptors (Lipinski definition) is 1. The number of quaternary nitrogens is 1. The molecule has 0 bridgehead atoms. The number of aromatic amines is 1. The normalized spacial score (nSPS) is 12.2. The van der Waals surface area contributed by atoms with Gasteiger partial charge in [-0.05, 0) is 17.2 Å². The molecule has 3 aromatic rings. The van der Waals surface area contributed by atoms with E-state index >= 15 is 0 Å². The third-order valence-corrected chi connectivity index (χ3v) is 3.82. The van der Waals surface area contributed by atoms with E-state index in [0.717, 1.165) is 22.0 Å². The number of aromatic nitrogens is 1. The topological polar surface area (TPSA) is 72.5 Å². The lowest BCUT2D eigenvalue weighted by atomic mass is 10.0. The van der Waals surface area contributed by atoms with Crippen molar-refractivity contribution in [1.82, 2.24) is 10.3 Å². The number of H-pyrrole nitrogens is 1. The van der Waals surface area contributed by atoms with Gasteiger partial charge in [-0.25, -0.2) is 0 Å². The van der Waals surface area contributed by atoms with Crippen molar-refractivity contribution in [2.75, 3.05) is 0 Å². The van der Waals surface area contributed by atoms with Crippen LogP contribution in [0.4, 0.5) is 0 Å². The standard InChI is InChI=1S/C18H19N3O/c19-16(18(22)21-11-13-6-2-1-3-7-13)10-14-12-20-17-9-5-4-8-15(14)17/h1-9,12,16,20H,10-11,19H2,(H,21,22)/p+1.